The zero-order valence-corrected chi connectivity index (χ0v) is 12.9. The number of rotatable bonds is 6. The van der Waals surface area contributed by atoms with E-state index in [0.29, 0.717) is 17.9 Å². The number of nitro groups is 1. The first-order valence-corrected chi connectivity index (χ1v) is 7.27. The van der Waals surface area contributed by atoms with Crippen LogP contribution in [0.1, 0.15) is 39.2 Å². The average molecular weight is 304 g/mol. The largest absolute Gasteiger partial charge is 0.478 e. The van der Waals surface area contributed by atoms with Crippen molar-refractivity contribution >= 4 is 23.4 Å². The van der Waals surface area contributed by atoms with Crippen molar-refractivity contribution in [1.29, 1.82) is 0 Å². The van der Waals surface area contributed by atoms with Gasteiger partial charge in [-0.25, -0.2) is 4.79 Å². The van der Waals surface area contributed by atoms with E-state index in [4.69, 9.17) is 5.11 Å². The molecule has 0 heterocycles. The number of benzene rings is 1. The maximum atomic E-state index is 11.2. The number of carbonyl (C=O) groups is 1. The summed E-state index contributed by atoms with van der Waals surface area (Å²) in [5.74, 6) is -0.490. The molecule has 22 heavy (non-hydrogen) atoms. The molecule has 1 aromatic rings. The maximum Gasteiger partial charge on any atom is 0.331 e. The van der Waals surface area contributed by atoms with Gasteiger partial charge in [-0.3, -0.25) is 10.1 Å². The molecule has 0 bridgehead atoms. The first kappa shape index (κ1) is 16.0. The van der Waals surface area contributed by atoms with E-state index in [1.165, 1.54) is 18.2 Å². The number of hydrogen-bond donors (Lipinski definition) is 2. The van der Waals surface area contributed by atoms with Crippen molar-refractivity contribution < 1.29 is 14.8 Å². The molecule has 6 heteroatoms. The first-order chi connectivity index (χ1) is 10.3. The van der Waals surface area contributed by atoms with Crippen LogP contribution >= 0.6 is 0 Å². The molecule has 2 rings (SSSR count). The molecule has 0 aliphatic heterocycles. The summed E-state index contributed by atoms with van der Waals surface area (Å²) in [7, 11) is 0. The summed E-state index contributed by atoms with van der Waals surface area (Å²) in [5, 5.41) is 23.5. The van der Waals surface area contributed by atoms with E-state index in [1.54, 1.807) is 13.0 Å². The monoisotopic (exact) mass is 304 g/mol. The Kier molecular flexibility index (Phi) is 4.21. The van der Waals surface area contributed by atoms with Crippen LogP contribution in [0.15, 0.2) is 23.8 Å². The third kappa shape index (κ3) is 3.27. The first-order valence-electron chi connectivity index (χ1n) is 7.27. The standard InChI is InChI=1S/C16H20N2O4/c1-4-11(15(19)20)7-12-8-13(18(21)22)5-6-14(12)17-16(3)9-10(16)2/h5-8,10,17H,4,9H2,1-3H3,(H,19,20). The van der Waals surface area contributed by atoms with Crippen molar-refractivity contribution in [2.45, 2.75) is 39.2 Å². The van der Waals surface area contributed by atoms with Gasteiger partial charge >= 0.3 is 5.97 Å². The van der Waals surface area contributed by atoms with E-state index < -0.39 is 10.9 Å². The summed E-state index contributed by atoms with van der Waals surface area (Å²) in [6, 6.07) is 4.50. The summed E-state index contributed by atoms with van der Waals surface area (Å²) in [6.45, 7) is 5.96. The molecular weight excluding hydrogens is 284 g/mol. The Morgan fingerprint density at radius 1 is 1.59 bits per heavy atom. The number of nitrogens with one attached hydrogen (secondary N) is 1. The number of nitrogens with zero attached hydrogens (tertiary/aromatic N) is 1. The fourth-order valence-corrected chi connectivity index (χ4v) is 2.46. The van der Waals surface area contributed by atoms with Gasteiger partial charge in [0.1, 0.15) is 0 Å². The van der Waals surface area contributed by atoms with Gasteiger partial charge in [0, 0.05) is 34.5 Å². The summed E-state index contributed by atoms with van der Waals surface area (Å²) >= 11 is 0. The van der Waals surface area contributed by atoms with E-state index >= 15 is 0 Å². The molecule has 0 spiro atoms. The molecule has 1 aliphatic carbocycles. The number of hydrogen-bond acceptors (Lipinski definition) is 4. The highest BCUT2D eigenvalue weighted by Crippen LogP contribution is 2.46. The Balaban J connectivity index is 2.44. The SMILES string of the molecule is CCC(=Cc1cc([N+](=O)[O-])ccc1NC1(C)CC1C)C(=O)O. The van der Waals surface area contributed by atoms with Crippen LogP contribution in [0.4, 0.5) is 11.4 Å². The smallest absolute Gasteiger partial charge is 0.331 e. The van der Waals surface area contributed by atoms with E-state index in [0.717, 1.165) is 12.1 Å². The summed E-state index contributed by atoms with van der Waals surface area (Å²) < 4.78 is 0. The molecule has 6 nitrogen and oxygen atoms in total. The van der Waals surface area contributed by atoms with Gasteiger partial charge in [0.15, 0.2) is 0 Å². The molecule has 1 aliphatic rings. The molecule has 0 saturated heterocycles. The Bertz CT molecular complexity index is 654. The van der Waals surface area contributed by atoms with Crippen LogP contribution < -0.4 is 5.32 Å². The number of non-ortho nitro benzene ring substituents is 1. The van der Waals surface area contributed by atoms with E-state index in [9.17, 15) is 14.9 Å². The van der Waals surface area contributed by atoms with Crippen molar-refractivity contribution in [1.82, 2.24) is 0 Å². The van der Waals surface area contributed by atoms with Gasteiger partial charge in [-0.1, -0.05) is 13.8 Å². The number of anilines is 1. The van der Waals surface area contributed by atoms with E-state index in [2.05, 4.69) is 19.2 Å². The molecular formula is C16H20N2O4. The zero-order valence-electron chi connectivity index (χ0n) is 12.9. The topological polar surface area (TPSA) is 92.5 Å². The summed E-state index contributed by atoms with van der Waals surface area (Å²) in [4.78, 5) is 21.7. The minimum Gasteiger partial charge on any atom is -0.478 e. The normalized spacial score (nSPS) is 24.0. The van der Waals surface area contributed by atoms with Crippen molar-refractivity contribution in [3.8, 4) is 0 Å². The molecule has 2 atom stereocenters. The minimum absolute atomic E-state index is 0.0334. The second-order valence-corrected chi connectivity index (χ2v) is 6.00. The quantitative estimate of drug-likeness (QED) is 0.475. The van der Waals surface area contributed by atoms with Crippen LogP contribution in [0.2, 0.25) is 0 Å². The van der Waals surface area contributed by atoms with Crippen LogP contribution in [0, 0.1) is 16.0 Å². The van der Waals surface area contributed by atoms with Gasteiger partial charge < -0.3 is 10.4 Å². The number of aliphatic carboxylic acids is 1. The lowest BCUT2D eigenvalue weighted by molar-refractivity contribution is -0.384. The van der Waals surface area contributed by atoms with Gasteiger partial charge in [-0.2, -0.15) is 0 Å². The number of carboxylic acids is 1. The highest BCUT2D eigenvalue weighted by molar-refractivity contribution is 5.93. The van der Waals surface area contributed by atoms with Crippen LogP contribution in [-0.2, 0) is 4.79 Å². The Morgan fingerprint density at radius 2 is 2.23 bits per heavy atom. The van der Waals surface area contributed by atoms with Crippen molar-refractivity contribution in [2.75, 3.05) is 5.32 Å². The molecule has 1 fully saturated rings. The molecule has 1 saturated carbocycles. The molecule has 0 amide bonds. The maximum absolute atomic E-state index is 11.2. The fraction of sp³-hybridized carbons (Fsp3) is 0.438. The fourth-order valence-electron chi connectivity index (χ4n) is 2.46. The number of carboxylic acid groups (broad SMARTS) is 1. The molecule has 0 radical (unpaired) electrons. The highest BCUT2D eigenvalue weighted by atomic mass is 16.6. The predicted molar refractivity (Wildman–Crippen MR) is 84.8 cm³/mol. The van der Waals surface area contributed by atoms with Gasteiger partial charge in [0.25, 0.3) is 5.69 Å². The second-order valence-electron chi connectivity index (χ2n) is 6.00. The van der Waals surface area contributed by atoms with Crippen molar-refractivity contribution in [3.05, 3.63) is 39.4 Å². The molecule has 1 aromatic carbocycles. The average Bonchev–Trinajstić information content (AvgIpc) is 3.03. The van der Waals surface area contributed by atoms with E-state index in [-0.39, 0.29) is 16.8 Å². The Labute approximate surface area is 129 Å². The minimum atomic E-state index is -1.01. The molecule has 2 unspecified atom stereocenters. The van der Waals surface area contributed by atoms with Crippen LogP contribution in [0.5, 0.6) is 0 Å². The van der Waals surface area contributed by atoms with Crippen molar-refractivity contribution in [3.63, 3.8) is 0 Å². The molecule has 2 N–H and O–H groups in total. The van der Waals surface area contributed by atoms with Crippen molar-refractivity contribution in [2.24, 2.45) is 5.92 Å². The number of nitro benzene ring substituents is 1. The van der Waals surface area contributed by atoms with Gasteiger partial charge in [0.2, 0.25) is 0 Å². The Hall–Kier alpha value is -2.37. The van der Waals surface area contributed by atoms with Crippen LogP contribution in [-0.4, -0.2) is 21.5 Å². The lowest BCUT2D eigenvalue weighted by Gasteiger charge is -2.17. The Morgan fingerprint density at radius 3 is 2.68 bits per heavy atom. The van der Waals surface area contributed by atoms with Crippen LogP contribution in [0.25, 0.3) is 6.08 Å². The van der Waals surface area contributed by atoms with Crippen LogP contribution in [0.3, 0.4) is 0 Å². The van der Waals surface area contributed by atoms with E-state index in [1.807, 2.05) is 0 Å². The zero-order chi connectivity index (χ0) is 16.5. The molecule has 118 valence electrons. The lowest BCUT2D eigenvalue weighted by Crippen LogP contribution is -2.19. The molecule has 0 aromatic heterocycles. The highest BCUT2D eigenvalue weighted by Gasteiger charge is 2.46. The van der Waals surface area contributed by atoms with Gasteiger partial charge in [0.05, 0.1) is 4.92 Å². The third-order valence-corrected chi connectivity index (χ3v) is 4.31. The van der Waals surface area contributed by atoms with Gasteiger partial charge in [-0.05, 0) is 37.8 Å². The van der Waals surface area contributed by atoms with Gasteiger partial charge in [-0.15, -0.1) is 0 Å². The second kappa shape index (κ2) is 5.79. The summed E-state index contributed by atoms with van der Waals surface area (Å²) in [6.07, 6.45) is 2.88. The third-order valence-electron chi connectivity index (χ3n) is 4.31. The predicted octanol–water partition coefficient (Wildman–Crippen LogP) is 3.68. The lowest BCUT2D eigenvalue weighted by atomic mass is 10.1. The summed E-state index contributed by atoms with van der Waals surface area (Å²) in [5.41, 5.74) is 1.40.